The first-order chi connectivity index (χ1) is 18.7. The van der Waals surface area contributed by atoms with Crippen LogP contribution in [0.15, 0.2) is 12.2 Å². The molecular weight excluding hydrogens is 494 g/mol. The van der Waals surface area contributed by atoms with Gasteiger partial charge in [-0.15, -0.1) is 0 Å². The van der Waals surface area contributed by atoms with Gasteiger partial charge in [-0.2, -0.15) is 0 Å². The molecule has 0 aromatic rings. The fourth-order valence-electron chi connectivity index (χ4n) is 5.54. The van der Waals surface area contributed by atoms with E-state index >= 15 is 0 Å². The highest BCUT2D eigenvalue weighted by molar-refractivity contribution is 5.70. The number of nitrogens with zero attached hydrogens (tertiary/aromatic N) is 1. The predicted molar refractivity (Wildman–Crippen MR) is 156 cm³/mol. The van der Waals surface area contributed by atoms with E-state index in [9.17, 15) is 29.7 Å². The van der Waals surface area contributed by atoms with Crippen molar-refractivity contribution in [1.82, 2.24) is 0 Å². The Morgan fingerprint density at radius 1 is 0.615 bits per heavy atom. The quantitative estimate of drug-likeness (QED) is 0.0686. The second-order valence-corrected chi connectivity index (χ2v) is 11.5. The van der Waals surface area contributed by atoms with Crippen LogP contribution in [0.25, 0.3) is 0 Å². The summed E-state index contributed by atoms with van der Waals surface area (Å²) in [5.41, 5.74) is 0. The predicted octanol–water partition coefficient (Wildman–Crippen LogP) is 6.45. The summed E-state index contributed by atoms with van der Waals surface area (Å²) in [5.74, 6) is -4.95. The van der Waals surface area contributed by atoms with E-state index in [-0.39, 0.29) is 24.1 Å². The first kappa shape index (κ1) is 37.1. The minimum atomic E-state index is -1.14. The van der Waals surface area contributed by atoms with E-state index in [2.05, 4.69) is 19.1 Å². The van der Waals surface area contributed by atoms with Gasteiger partial charge in [0.15, 0.2) is 0 Å². The molecule has 0 bridgehead atoms. The number of unbranched alkanes of at least 4 members (excludes halogenated alkanes) is 11. The van der Waals surface area contributed by atoms with Crippen LogP contribution in [-0.4, -0.2) is 58.8 Å². The van der Waals surface area contributed by atoms with Crippen LogP contribution < -0.4 is 5.11 Å². The summed E-state index contributed by atoms with van der Waals surface area (Å²) in [6.07, 6.45) is 21.1. The molecule has 7 heteroatoms. The van der Waals surface area contributed by atoms with E-state index in [0.717, 1.165) is 25.7 Å². The maximum Gasteiger partial charge on any atom is 0.312 e. The second-order valence-electron chi connectivity index (χ2n) is 11.5. The highest BCUT2D eigenvalue weighted by atomic mass is 16.4. The van der Waals surface area contributed by atoms with Crippen LogP contribution in [0.2, 0.25) is 0 Å². The second kappa shape index (κ2) is 22.9. The van der Waals surface area contributed by atoms with Gasteiger partial charge in [-0.25, -0.2) is 0 Å². The Morgan fingerprint density at radius 3 is 1.38 bits per heavy atom. The smallest absolute Gasteiger partial charge is 0.312 e. The highest BCUT2D eigenvalue weighted by Gasteiger charge is 2.39. The molecule has 0 heterocycles. The van der Waals surface area contributed by atoms with Gasteiger partial charge in [0.25, 0.3) is 0 Å². The van der Waals surface area contributed by atoms with Crippen molar-refractivity contribution in [3.8, 4) is 0 Å². The maximum atomic E-state index is 11.9. The normalized spacial score (nSPS) is 15.6. The molecule has 228 valence electrons. The van der Waals surface area contributed by atoms with E-state index in [1.165, 1.54) is 57.8 Å². The molecule has 0 aliphatic rings. The molecule has 0 aromatic heterocycles. The Kier molecular flexibility index (Phi) is 21.8. The van der Waals surface area contributed by atoms with Crippen LogP contribution in [0, 0.1) is 17.8 Å². The Labute approximate surface area is 238 Å². The van der Waals surface area contributed by atoms with Gasteiger partial charge in [0.1, 0.15) is 11.8 Å². The molecule has 39 heavy (non-hydrogen) atoms. The lowest BCUT2D eigenvalue weighted by atomic mass is 9.95. The van der Waals surface area contributed by atoms with Gasteiger partial charge >= 0.3 is 11.9 Å². The molecule has 7 nitrogen and oxygen atoms in total. The Morgan fingerprint density at radius 2 is 1.00 bits per heavy atom. The fraction of sp³-hybridized carbons (Fsp3) is 0.844. The average molecular weight is 554 g/mol. The fourth-order valence-corrected chi connectivity index (χ4v) is 5.54. The number of carboxylic acids is 3. The number of rotatable bonds is 27. The molecule has 0 aliphatic heterocycles. The number of hydrogen-bond donors (Lipinski definition) is 2. The van der Waals surface area contributed by atoms with Crippen LogP contribution in [0.4, 0.5) is 0 Å². The molecule has 0 fully saturated rings. The SMILES string of the molecule is CCCC/C=C/CCCCCCCCCCC[N+](CC(CC)C(=O)[O-])(CC(CC)C(=O)O)CC(CC)C(=O)O. The Bertz CT molecular complexity index is 632. The lowest BCUT2D eigenvalue weighted by Gasteiger charge is -2.44. The third-order valence-corrected chi connectivity index (χ3v) is 8.23. The van der Waals surface area contributed by atoms with Gasteiger partial charge < -0.3 is 24.6 Å². The summed E-state index contributed by atoms with van der Waals surface area (Å²) in [6, 6.07) is 0. The van der Waals surface area contributed by atoms with Crippen molar-refractivity contribution in [3.05, 3.63) is 12.2 Å². The third kappa shape index (κ3) is 17.4. The largest absolute Gasteiger partial charge is 0.550 e. The number of carboxylic acid groups (broad SMARTS) is 3. The molecule has 3 unspecified atom stereocenters. The van der Waals surface area contributed by atoms with Gasteiger partial charge in [-0.3, -0.25) is 9.59 Å². The zero-order chi connectivity index (χ0) is 29.5. The minimum Gasteiger partial charge on any atom is -0.550 e. The maximum absolute atomic E-state index is 11.9. The van der Waals surface area contributed by atoms with Crippen LogP contribution >= 0.6 is 0 Å². The molecule has 0 aliphatic carbocycles. The van der Waals surface area contributed by atoms with Crippen molar-refractivity contribution in [2.24, 2.45) is 17.8 Å². The van der Waals surface area contributed by atoms with Crippen LogP contribution in [0.1, 0.15) is 130 Å². The molecule has 2 N–H and O–H groups in total. The summed E-state index contributed by atoms with van der Waals surface area (Å²) in [5, 5.41) is 31.4. The summed E-state index contributed by atoms with van der Waals surface area (Å²) >= 11 is 0. The van der Waals surface area contributed by atoms with E-state index in [4.69, 9.17) is 0 Å². The molecular formula is C32H59NO6. The number of carbonyl (C=O) groups is 3. The first-order valence-corrected chi connectivity index (χ1v) is 15.8. The van der Waals surface area contributed by atoms with Gasteiger partial charge in [0.05, 0.1) is 32.1 Å². The standard InChI is InChI=1S/C32H59NO6/c1-5-9-10-11-12-13-14-15-16-17-18-19-20-21-22-23-33(24-27(6-2)30(34)35,25-28(7-3)31(36)37)26-29(8-4)32(38)39/h11-12,27-29H,5-10,13-26H2,1-4H3,(H2-,34,35,36,37,38,39)/b12-11+. The van der Waals surface area contributed by atoms with E-state index < -0.39 is 35.7 Å². The molecule has 0 spiro atoms. The van der Waals surface area contributed by atoms with Crippen LogP contribution in [0.5, 0.6) is 0 Å². The minimum absolute atomic E-state index is 0.217. The van der Waals surface area contributed by atoms with Gasteiger partial charge in [0.2, 0.25) is 0 Å². The Hall–Kier alpha value is -1.89. The van der Waals surface area contributed by atoms with Crippen molar-refractivity contribution >= 4 is 17.9 Å². The molecule has 0 rings (SSSR count). The van der Waals surface area contributed by atoms with Crippen LogP contribution in [-0.2, 0) is 14.4 Å². The van der Waals surface area contributed by atoms with Gasteiger partial charge in [0, 0.05) is 5.92 Å². The average Bonchev–Trinajstić information content (AvgIpc) is 2.90. The number of hydrogen-bond acceptors (Lipinski definition) is 4. The molecule has 0 amide bonds. The molecule has 0 saturated carbocycles. The third-order valence-electron chi connectivity index (χ3n) is 8.23. The zero-order valence-corrected chi connectivity index (χ0v) is 25.5. The summed E-state index contributed by atoms with van der Waals surface area (Å²) in [6.45, 7) is 8.99. The first-order valence-electron chi connectivity index (χ1n) is 15.8. The summed E-state index contributed by atoms with van der Waals surface area (Å²) in [7, 11) is 0. The molecule has 3 atom stereocenters. The zero-order valence-electron chi connectivity index (χ0n) is 25.5. The van der Waals surface area contributed by atoms with Crippen LogP contribution in [0.3, 0.4) is 0 Å². The Balaban J connectivity index is 4.95. The summed E-state index contributed by atoms with van der Waals surface area (Å²) in [4.78, 5) is 35.7. The van der Waals surface area contributed by atoms with Crippen molar-refractivity contribution in [3.63, 3.8) is 0 Å². The summed E-state index contributed by atoms with van der Waals surface area (Å²) < 4.78 is 0.217. The van der Waals surface area contributed by atoms with E-state index in [1.807, 2.05) is 13.8 Å². The number of allylic oxidation sites excluding steroid dienone is 2. The van der Waals surface area contributed by atoms with Gasteiger partial charge in [-0.1, -0.05) is 91.2 Å². The van der Waals surface area contributed by atoms with E-state index in [1.54, 1.807) is 6.92 Å². The monoisotopic (exact) mass is 553 g/mol. The van der Waals surface area contributed by atoms with Gasteiger partial charge in [-0.05, 0) is 51.4 Å². The molecule has 0 aromatic carbocycles. The number of carbonyl (C=O) groups excluding carboxylic acids is 1. The van der Waals surface area contributed by atoms with Crippen molar-refractivity contribution in [2.45, 2.75) is 130 Å². The molecule has 0 radical (unpaired) electrons. The van der Waals surface area contributed by atoms with Crippen molar-refractivity contribution in [2.75, 3.05) is 26.2 Å². The number of quaternary nitrogens is 1. The van der Waals surface area contributed by atoms with Crippen molar-refractivity contribution < 1.29 is 34.2 Å². The topological polar surface area (TPSA) is 115 Å². The van der Waals surface area contributed by atoms with E-state index in [0.29, 0.717) is 25.8 Å². The highest BCUT2D eigenvalue weighted by Crippen LogP contribution is 2.25. The number of aliphatic carboxylic acids is 3. The molecule has 0 saturated heterocycles. The lowest BCUT2D eigenvalue weighted by molar-refractivity contribution is -0.935. The van der Waals surface area contributed by atoms with Crippen molar-refractivity contribution in [1.29, 1.82) is 0 Å². The lowest BCUT2D eigenvalue weighted by Crippen LogP contribution is -2.59.